The minimum absolute atomic E-state index is 0.222. The van der Waals surface area contributed by atoms with Crippen molar-refractivity contribution < 1.29 is 9.59 Å². The Balaban J connectivity index is 2.28. The van der Waals surface area contributed by atoms with Crippen molar-refractivity contribution >= 4 is 61.6 Å². The minimum Gasteiger partial charge on any atom is -0.326 e. The van der Waals surface area contributed by atoms with Crippen molar-refractivity contribution in [3.63, 3.8) is 0 Å². The summed E-state index contributed by atoms with van der Waals surface area (Å²) in [6, 6.07) is 5.07. The summed E-state index contributed by atoms with van der Waals surface area (Å²) in [4.78, 5) is 38.2. The molecule has 2 N–H and O–H groups in total. The zero-order valence-electron chi connectivity index (χ0n) is 11.6. The maximum atomic E-state index is 12.3. The second-order valence-corrected chi connectivity index (χ2v) is 6.55. The summed E-state index contributed by atoms with van der Waals surface area (Å²) in [6.45, 7) is 3.00. The number of halogens is 1. The molecule has 0 atom stereocenters. The van der Waals surface area contributed by atoms with E-state index in [1.54, 1.807) is 25.1 Å². The van der Waals surface area contributed by atoms with Gasteiger partial charge in [0, 0.05) is 10.5 Å². The van der Waals surface area contributed by atoms with E-state index in [4.69, 9.17) is 0 Å². The van der Waals surface area contributed by atoms with Crippen LogP contribution in [0.2, 0.25) is 0 Å². The van der Waals surface area contributed by atoms with Crippen LogP contribution in [0.25, 0.3) is 0 Å². The third-order valence-electron chi connectivity index (χ3n) is 2.61. The highest BCUT2D eigenvalue weighted by Crippen LogP contribution is 2.31. The molecule has 1 aromatic heterocycles. The van der Waals surface area contributed by atoms with E-state index in [1.807, 2.05) is 0 Å². The van der Waals surface area contributed by atoms with Gasteiger partial charge in [-0.05, 0) is 52.9 Å². The summed E-state index contributed by atoms with van der Waals surface area (Å²) in [5.74, 6) is -0.695. The van der Waals surface area contributed by atoms with Crippen LogP contribution in [0.3, 0.4) is 0 Å². The fourth-order valence-corrected chi connectivity index (χ4v) is 2.93. The molecule has 0 bridgehead atoms. The highest BCUT2D eigenvalue weighted by atomic mass is 127. The maximum absolute atomic E-state index is 12.3. The van der Waals surface area contributed by atoms with Gasteiger partial charge in [0.1, 0.15) is 0 Å². The second kappa shape index (κ2) is 6.92. The van der Waals surface area contributed by atoms with E-state index in [9.17, 15) is 14.5 Å². The molecule has 0 radical (unpaired) electrons. The van der Waals surface area contributed by atoms with Crippen molar-refractivity contribution in [1.29, 1.82) is 0 Å². The normalized spacial score (nSPS) is 10.1. The van der Waals surface area contributed by atoms with E-state index in [0.717, 1.165) is 14.9 Å². The van der Waals surface area contributed by atoms with Crippen LogP contribution in [0.1, 0.15) is 23.0 Å². The zero-order chi connectivity index (χ0) is 16.3. The van der Waals surface area contributed by atoms with Crippen molar-refractivity contribution in [2.75, 3.05) is 10.6 Å². The van der Waals surface area contributed by atoms with Crippen LogP contribution in [0.4, 0.5) is 15.8 Å². The van der Waals surface area contributed by atoms with Crippen LogP contribution in [0.5, 0.6) is 0 Å². The number of rotatable bonds is 4. The first-order valence-corrected chi connectivity index (χ1v) is 7.99. The summed E-state index contributed by atoms with van der Waals surface area (Å²) in [5.41, 5.74) is 1.18. The molecule has 0 fully saturated rings. The standard InChI is InChI=1S/C13H11IN4O3S/c1-6-12(18-21)22-13(15-6)17-11(20)9-4-3-8(14)5-10(9)16-7(2)19/h3-5H,1-2H3,(H,16,19)(H,15,17,20). The predicted molar refractivity (Wildman–Crippen MR) is 93.7 cm³/mol. The van der Waals surface area contributed by atoms with Crippen LogP contribution in [-0.4, -0.2) is 16.8 Å². The molecule has 2 rings (SSSR count). The molecule has 0 saturated carbocycles. The highest BCUT2D eigenvalue weighted by molar-refractivity contribution is 14.1. The van der Waals surface area contributed by atoms with Gasteiger partial charge in [-0.25, -0.2) is 4.98 Å². The Morgan fingerprint density at radius 1 is 1.32 bits per heavy atom. The molecule has 0 spiro atoms. The number of nitroso groups, excluding NO2 is 1. The number of hydrogen-bond donors (Lipinski definition) is 2. The molecule has 22 heavy (non-hydrogen) atoms. The Labute approximate surface area is 143 Å². The Morgan fingerprint density at radius 2 is 2.05 bits per heavy atom. The molecule has 1 heterocycles. The van der Waals surface area contributed by atoms with Gasteiger partial charge in [0.05, 0.1) is 16.9 Å². The number of aromatic nitrogens is 1. The second-order valence-electron chi connectivity index (χ2n) is 4.33. The fraction of sp³-hybridized carbons (Fsp3) is 0.154. The highest BCUT2D eigenvalue weighted by Gasteiger charge is 2.16. The summed E-state index contributed by atoms with van der Waals surface area (Å²) < 4.78 is 0.885. The van der Waals surface area contributed by atoms with Gasteiger partial charge >= 0.3 is 0 Å². The number of anilines is 2. The Kier molecular flexibility index (Phi) is 5.19. The largest absolute Gasteiger partial charge is 0.326 e. The predicted octanol–water partition coefficient (Wildman–Crippen LogP) is 3.66. The Hall–Kier alpha value is -1.88. The molecule has 0 aliphatic rings. The van der Waals surface area contributed by atoms with Crippen LogP contribution >= 0.6 is 33.9 Å². The molecule has 9 heteroatoms. The van der Waals surface area contributed by atoms with Crippen molar-refractivity contribution in [2.45, 2.75) is 13.8 Å². The lowest BCUT2D eigenvalue weighted by molar-refractivity contribution is -0.114. The topological polar surface area (TPSA) is 101 Å². The van der Waals surface area contributed by atoms with Crippen molar-refractivity contribution in [2.24, 2.45) is 5.18 Å². The van der Waals surface area contributed by atoms with Gasteiger partial charge in [0.15, 0.2) is 10.1 Å². The molecule has 0 aliphatic carbocycles. The summed E-state index contributed by atoms with van der Waals surface area (Å²) >= 11 is 3.08. The SMILES string of the molecule is CC(=O)Nc1cc(I)ccc1C(=O)Nc1nc(C)c(N=O)s1. The number of carbonyl (C=O) groups excluding carboxylic acids is 2. The smallest absolute Gasteiger partial charge is 0.259 e. The molecular weight excluding hydrogens is 419 g/mol. The first-order valence-electron chi connectivity index (χ1n) is 6.10. The number of benzene rings is 1. The zero-order valence-corrected chi connectivity index (χ0v) is 14.6. The lowest BCUT2D eigenvalue weighted by Gasteiger charge is -2.09. The third-order valence-corrected chi connectivity index (χ3v) is 4.23. The fourth-order valence-electron chi connectivity index (χ4n) is 1.70. The van der Waals surface area contributed by atoms with E-state index < -0.39 is 5.91 Å². The molecule has 1 aromatic carbocycles. The molecule has 7 nitrogen and oxygen atoms in total. The van der Waals surface area contributed by atoms with Crippen molar-refractivity contribution in [1.82, 2.24) is 4.98 Å². The summed E-state index contributed by atoms with van der Waals surface area (Å²) in [6.07, 6.45) is 0. The van der Waals surface area contributed by atoms with E-state index >= 15 is 0 Å². The maximum Gasteiger partial charge on any atom is 0.259 e. The number of carbonyl (C=O) groups is 2. The Bertz CT molecular complexity index is 760. The molecule has 2 aromatic rings. The van der Waals surface area contributed by atoms with Gasteiger partial charge in [0.2, 0.25) is 5.91 Å². The minimum atomic E-state index is -0.425. The van der Waals surface area contributed by atoms with E-state index in [0.29, 0.717) is 16.9 Å². The lowest BCUT2D eigenvalue weighted by atomic mass is 10.1. The molecular formula is C13H11IN4O3S. The third kappa shape index (κ3) is 3.85. The number of nitrogens with zero attached hydrogens (tertiary/aromatic N) is 2. The Morgan fingerprint density at radius 3 is 2.64 bits per heavy atom. The van der Waals surface area contributed by atoms with Gasteiger partial charge in [-0.3, -0.25) is 14.9 Å². The molecule has 114 valence electrons. The number of nitrogens with one attached hydrogen (secondary N) is 2. The molecule has 0 aliphatic heterocycles. The number of amides is 2. The van der Waals surface area contributed by atoms with Crippen LogP contribution in [0, 0.1) is 15.4 Å². The van der Waals surface area contributed by atoms with Crippen LogP contribution in [0.15, 0.2) is 23.4 Å². The average Bonchev–Trinajstić information content (AvgIpc) is 2.77. The number of hydrogen-bond acceptors (Lipinski definition) is 6. The summed E-state index contributed by atoms with van der Waals surface area (Å²) in [5, 5.41) is 8.56. The number of aryl methyl sites for hydroxylation is 1. The molecule has 2 amide bonds. The van der Waals surface area contributed by atoms with Gasteiger partial charge < -0.3 is 5.32 Å². The van der Waals surface area contributed by atoms with Crippen molar-refractivity contribution in [3.8, 4) is 0 Å². The van der Waals surface area contributed by atoms with Crippen molar-refractivity contribution in [3.05, 3.63) is 37.9 Å². The van der Waals surface area contributed by atoms with E-state index in [-0.39, 0.29) is 16.0 Å². The molecule has 0 saturated heterocycles. The monoisotopic (exact) mass is 430 g/mol. The average molecular weight is 430 g/mol. The van der Waals surface area contributed by atoms with Crippen LogP contribution < -0.4 is 10.6 Å². The molecule has 0 unspecified atom stereocenters. The van der Waals surface area contributed by atoms with Gasteiger partial charge in [-0.2, -0.15) is 0 Å². The first kappa shape index (κ1) is 16.5. The van der Waals surface area contributed by atoms with Gasteiger partial charge in [-0.15, -0.1) is 4.91 Å². The number of thiazole rings is 1. The van der Waals surface area contributed by atoms with Gasteiger partial charge in [0.25, 0.3) is 5.91 Å². The first-order chi connectivity index (χ1) is 10.4. The van der Waals surface area contributed by atoms with Gasteiger partial charge in [-0.1, -0.05) is 11.3 Å². The van der Waals surface area contributed by atoms with E-state index in [1.165, 1.54) is 6.92 Å². The van der Waals surface area contributed by atoms with E-state index in [2.05, 4.69) is 43.4 Å². The lowest BCUT2D eigenvalue weighted by Crippen LogP contribution is -2.16. The van der Waals surface area contributed by atoms with Crippen LogP contribution in [-0.2, 0) is 4.79 Å². The summed E-state index contributed by atoms with van der Waals surface area (Å²) in [7, 11) is 0. The quantitative estimate of drug-likeness (QED) is 0.571.